The Balaban J connectivity index is 1.69. The van der Waals surface area contributed by atoms with Crippen molar-refractivity contribution in [2.45, 2.75) is 13.0 Å². The van der Waals surface area contributed by atoms with Crippen molar-refractivity contribution in [3.05, 3.63) is 59.7 Å². The largest absolute Gasteiger partial charge is 0.496 e. The molecule has 3 rings (SSSR count). The summed E-state index contributed by atoms with van der Waals surface area (Å²) in [5.41, 5.74) is 3.26. The summed E-state index contributed by atoms with van der Waals surface area (Å²) in [5.74, 6) is 0.828. The van der Waals surface area contributed by atoms with Gasteiger partial charge in [-0.05, 0) is 17.7 Å². The highest BCUT2D eigenvalue weighted by Gasteiger charge is 2.18. The van der Waals surface area contributed by atoms with Gasteiger partial charge in [-0.3, -0.25) is 4.79 Å². The van der Waals surface area contributed by atoms with E-state index in [1.165, 1.54) is 5.69 Å². The van der Waals surface area contributed by atoms with Crippen molar-refractivity contribution in [1.82, 2.24) is 4.90 Å². The van der Waals surface area contributed by atoms with Crippen LogP contribution in [0, 0.1) is 0 Å². The molecule has 0 aromatic heterocycles. The molecule has 1 aliphatic heterocycles. The molecule has 0 atom stereocenters. The molecule has 5 nitrogen and oxygen atoms in total. The lowest BCUT2D eigenvalue weighted by Crippen LogP contribution is -2.37. The van der Waals surface area contributed by atoms with E-state index in [4.69, 9.17) is 9.47 Å². The van der Waals surface area contributed by atoms with Crippen molar-refractivity contribution >= 4 is 11.6 Å². The second kappa shape index (κ2) is 8.72. The zero-order chi connectivity index (χ0) is 18.4. The molecule has 0 spiro atoms. The van der Waals surface area contributed by atoms with Crippen LogP contribution >= 0.6 is 0 Å². The Morgan fingerprint density at radius 3 is 2.46 bits per heavy atom. The minimum atomic E-state index is 0.0753. The van der Waals surface area contributed by atoms with E-state index < -0.39 is 0 Å². The lowest BCUT2D eigenvalue weighted by atomic mass is 10.1. The molecule has 1 saturated heterocycles. The molecule has 0 radical (unpaired) electrons. The molecule has 1 fully saturated rings. The van der Waals surface area contributed by atoms with Crippen molar-refractivity contribution in [2.75, 3.05) is 45.4 Å². The molecule has 2 aromatic carbocycles. The molecule has 138 valence electrons. The van der Waals surface area contributed by atoms with E-state index in [1.54, 1.807) is 12.0 Å². The van der Waals surface area contributed by atoms with E-state index in [9.17, 15) is 4.79 Å². The second-order valence-electron chi connectivity index (χ2n) is 6.47. The first-order valence-corrected chi connectivity index (χ1v) is 8.95. The number of benzene rings is 2. The fourth-order valence-corrected chi connectivity index (χ4v) is 3.25. The number of para-hydroxylation sites is 2. The Kier molecular flexibility index (Phi) is 6.12. The van der Waals surface area contributed by atoms with Crippen LogP contribution in [0.3, 0.4) is 0 Å². The number of methoxy groups -OCH3 is 1. The lowest BCUT2D eigenvalue weighted by Gasteiger charge is -2.31. The van der Waals surface area contributed by atoms with Crippen LogP contribution < -0.4 is 9.64 Å². The Hall–Kier alpha value is -2.53. The van der Waals surface area contributed by atoms with E-state index in [-0.39, 0.29) is 5.91 Å². The molecule has 0 N–H and O–H groups in total. The van der Waals surface area contributed by atoms with Crippen LogP contribution in [0.4, 0.5) is 5.69 Å². The molecule has 1 amide bonds. The zero-order valence-electron chi connectivity index (χ0n) is 15.5. The number of amides is 1. The average Bonchev–Trinajstić information content (AvgIpc) is 2.69. The molecule has 1 aliphatic rings. The molecule has 0 saturated carbocycles. The van der Waals surface area contributed by atoms with Gasteiger partial charge in [-0.2, -0.15) is 0 Å². The summed E-state index contributed by atoms with van der Waals surface area (Å²) in [6.07, 6.45) is 0.334. The number of hydrogen-bond donors (Lipinski definition) is 0. The van der Waals surface area contributed by atoms with Crippen LogP contribution in [0.5, 0.6) is 5.75 Å². The summed E-state index contributed by atoms with van der Waals surface area (Å²) in [7, 11) is 3.49. The predicted octanol–water partition coefficient (Wildman–Crippen LogP) is 2.73. The molecule has 2 aromatic rings. The SMILES string of the molecule is COc1ccccc1CC(=O)N(C)Cc1ccccc1N1CCOCC1. The van der Waals surface area contributed by atoms with Crippen molar-refractivity contribution in [3.63, 3.8) is 0 Å². The molecule has 26 heavy (non-hydrogen) atoms. The van der Waals surface area contributed by atoms with Gasteiger partial charge in [0.1, 0.15) is 5.75 Å². The Morgan fingerprint density at radius 2 is 1.73 bits per heavy atom. The molecular formula is C21H26N2O3. The number of morpholine rings is 1. The molecule has 0 aliphatic carbocycles. The van der Waals surface area contributed by atoms with E-state index in [1.807, 2.05) is 43.4 Å². The highest BCUT2D eigenvalue weighted by molar-refractivity contribution is 5.79. The first kappa shape index (κ1) is 18.3. The normalized spacial score (nSPS) is 14.2. The van der Waals surface area contributed by atoms with E-state index in [0.29, 0.717) is 13.0 Å². The number of ether oxygens (including phenoxy) is 2. The fourth-order valence-electron chi connectivity index (χ4n) is 3.25. The fraction of sp³-hybridized carbons (Fsp3) is 0.381. The monoisotopic (exact) mass is 354 g/mol. The van der Waals surface area contributed by atoms with E-state index in [0.717, 1.165) is 43.2 Å². The van der Waals surface area contributed by atoms with Gasteiger partial charge in [-0.25, -0.2) is 0 Å². The Labute approximate surface area is 155 Å². The number of carbonyl (C=O) groups is 1. The number of nitrogens with zero attached hydrogens (tertiary/aromatic N) is 2. The molecular weight excluding hydrogens is 328 g/mol. The lowest BCUT2D eigenvalue weighted by molar-refractivity contribution is -0.129. The third-order valence-corrected chi connectivity index (χ3v) is 4.71. The van der Waals surface area contributed by atoms with Crippen LogP contribution in [0.25, 0.3) is 0 Å². The van der Waals surface area contributed by atoms with Crippen LogP contribution in [-0.4, -0.2) is 51.3 Å². The van der Waals surface area contributed by atoms with Gasteiger partial charge in [0.2, 0.25) is 5.91 Å². The number of rotatable bonds is 6. The van der Waals surface area contributed by atoms with Gasteiger partial charge in [0.25, 0.3) is 0 Å². The molecule has 5 heteroatoms. The van der Waals surface area contributed by atoms with Crippen molar-refractivity contribution in [2.24, 2.45) is 0 Å². The highest BCUT2D eigenvalue weighted by atomic mass is 16.5. The van der Waals surface area contributed by atoms with Gasteiger partial charge in [0, 0.05) is 37.9 Å². The number of hydrogen-bond acceptors (Lipinski definition) is 4. The minimum absolute atomic E-state index is 0.0753. The second-order valence-corrected chi connectivity index (χ2v) is 6.47. The van der Waals surface area contributed by atoms with Gasteiger partial charge in [0.05, 0.1) is 26.7 Å². The minimum Gasteiger partial charge on any atom is -0.496 e. The van der Waals surface area contributed by atoms with Gasteiger partial charge < -0.3 is 19.3 Å². The number of anilines is 1. The van der Waals surface area contributed by atoms with Crippen LogP contribution in [0.1, 0.15) is 11.1 Å². The summed E-state index contributed by atoms with van der Waals surface area (Å²) >= 11 is 0. The summed E-state index contributed by atoms with van der Waals surface area (Å²) in [4.78, 5) is 16.8. The van der Waals surface area contributed by atoms with E-state index in [2.05, 4.69) is 17.0 Å². The number of likely N-dealkylation sites (N-methyl/N-ethyl adjacent to an activating group) is 1. The molecule has 0 unspecified atom stereocenters. The molecule has 0 bridgehead atoms. The van der Waals surface area contributed by atoms with Gasteiger partial charge >= 0.3 is 0 Å². The maximum atomic E-state index is 12.7. The standard InChI is InChI=1S/C21H26N2O3/c1-22(21(24)15-17-7-4-6-10-20(17)25-2)16-18-8-3-5-9-19(18)23-11-13-26-14-12-23/h3-10H,11-16H2,1-2H3. The van der Waals surface area contributed by atoms with Crippen LogP contribution in [0.2, 0.25) is 0 Å². The highest BCUT2D eigenvalue weighted by Crippen LogP contribution is 2.23. The van der Waals surface area contributed by atoms with Crippen molar-refractivity contribution in [3.8, 4) is 5.75 Å². The summed E-state index contributed by atoms with van der Waals surface area (Å²) < 4.78 is 10.8. The molecule has 1 heterocycles. The van der Waals surface area contributed by atoms with Crippen LogP contribution in [0.15, 0.2) is 48.5 Å². The maximum Gasteiger partial charge on any atom is 0.227 e. The Bertz CT molecular complexity index is 742. The average molecular weight is 354 g/mol. The third kappa shape index (κ3) is 4.35. The first-order valence-electron chi connectivity index (χ1n) is 8.95. The van der Waals surface area contributed by atoms with Gasteiger partial charge in [0.15, 0.2) is 0 Å². The van der Waals surface area contributed by atoms with Crippen LogP contribution in [-0.2, 0) is 22.5 Å². The smallest absolute Gasteiger partial charge is 0.227 e. The van der Waals surface area contributed by atoms with Crippen molar-refractivity contribution in [1.29, 1.82) is 0 Å². The predicted molar refractivity (Wildman–Crippen MR) is 103 cm³/mol. The zero-order valence-corrected chi connectivity index (χ0v) is 15.5. The van der Waals surface area contributed by atoms with Gasteiger partial charge in [-0.1, -0.05) is 36.4 Å². The summed E-state index contributed by atoms with van der Waals surface area (Å²) in [5, 5.41) is 0. The summed E-state index contributed by atoms with van der Waals surface area (Å²) in [6, 6.07) is 16.0. The summed E-state index contributed by atoms with van der Waals surface area (Å²) in [6.45, 7) is 3.85. The third-order valence-electron chi connectivity index (χ3n) is 4.71. The first-order chi connectivity index (χ1) is 12.7. The topological polar surface area (TPSA) is 42.0 Å². The number of carbonyl (C=O) groups excluding carboxylic acids is 1. The quantitative estimate of drug-likeness (QED) is 0.800. The van der Waals surface area contributed by atoms with Gasteiger partial charge in [-0.15, -0.1) is 0 Å². The maximum absolute atomic E-state index is 12.7. The van der Waals surface area contributed by atoms with Crippen molar-refractivity contribution < 1.29 is 14.3 Å². The van der Waals surface area contributed by atoms with E-state index >= 15 is 0 Å². The Morgan fingerprint density at radius 1 is 1.08 bits per heavy atom.